The van der Waals surface area contributed by atoms with Gasteiger partial charge < -0.3 is 14.7 Å². The molecule has 1 heterocycles. The third-order valence-electron chi connectivity index (χ3n) is 3.85. The zero-order chi connectivity index (χ0) is 16.5. The summed E-state index contributed by atoms with van der Waals surface area (Å²) in [4.78, 5) is 25.6. The lowest BCUT2D eigenvalue weighted by atomic mass is 9.91. The van der Waals surface area contributed by atoms with Gasteiger partial charge in [-0.2, -0.15) is 0 Å². The molecule has 1 saturated heterocycles. The zero-order valence-corrected chi connectivity index (χ0v) is 13.5. The van der Waals surface area contributed by atoms with Crippen LogP contribution in [0.2, 0.25) is 0 Å². The van der Waals surface area contributed by atoms with Gasteiger partial charge >= 0.3 is 12.1 Å². The van der Waals surface area contributed by atoms with Gasteiger partial charge in [0.2, 0.25) is 0 Å². The smallest absolute Gasteiger partial charge is 0.410 e. The van der Waals surface area contributed by atoms with Crippen LogP contribution in [0.5, 0.6) is 0 Å². The molecule has 2 atom stereocenters. The Hall–Kier alpha value is -2.04. The minimum Gasteiger partial charge on any atom is -0.481 e. The van der Waals surface area contributed by atoms with Crippen molar-refractivity contribution in [2.75, 3.05) is 6.54 Å². The topological polar surface area (TPSA) is 66.8 Å². The lowest BCUT2D eigenvalue weighted by molar-refractivity contribution is -0.142. The molecule has 0 aromatic heterocycles. The van der Waals surface area contributed by atoms with Gasteiger partial charge in [0.25, 0.3) is 0 Å². The van der Waals surface area contributed by atoms with Gasteiger partial charge in [-0.3, -0.25) is 4.79 Å². The number of carboxylic acids is 1. The minimum absolute atomic E-state index is 0.394. The molecule has 1 unspecified atom stereocenters. The van der Waals surface area contributed by atoms with E-state index >= 15 is 0 Å². The second kappa shape index (κ2) is 5.99. The molecular weight excluding hydrogens is 282 g/mol. The van der Waals surface area contributed by atoms with Crippen molar-refractivity contribution in [3.8, 4) is 0 Å². The van der Waals surface area contributed by atoms with Crippen LogP contribution in [-0.2, 0) is 9.53 Å². The van der Waals surface area contributed by atoms with Gasteiger partial charge in [0.15, 0.2) is 0 Å². The van der Waals surface area contributed by atoms with Crippen LogP contribution in [0.15, 0.2) is 24.3 Å². The Morgan fingerprint density at radius 3 is 2.45 bits per heavy atom. The number of benzene rings is 1. The molecule has 22 heavy (non-hydrogen) atoms. The van der Waals surface area contributed by atoms with Crippen molar-refractivity contribution in [3.05, 3.63) is 35.4 Å². The molecule has 1 amide bonds. The van der Waals surface area contributed by atoms with Gasteiger partial charge in [-0.1, -0.05) is 24.3 Å². The van der Waals surface area contributed by atoms with Crippen LogP contribution in [0.3, 0.4) is 0 Å². The molecule has 0 bridgehead atoms. The van der Waals surface area contributed by atoms with Gasteiger partial charge in [0, 0.05) is 6.54 Å². The summed E-state index contributed by atoms with van der Waals surface area (Å²) < 4.78 is 5.44. The Kier molecular flexibility index (Phi) is 4.44. The molecule has 0 radical (unpaired) electrons. The van der Waals surface area contributed by atoms with Crippen molar-refractivity contribution in [1.29, 1.82) is 0 Å². The third-order valence-corrected chi connectivity index (χ3v) is 3.85. The lowest BCUT2D eigenvalue weighted by Gasteiger charge is -2.30. The van der Waals surface area contributed by atoms with Crippen LogP contribution in [0.1, 0.15) is 44.4 Å². The summed E-state index contributed by atoms with van der Waals surface area (Å²) in [6.07, 6.45) is -0.0161. The maximum Gasteiger partial charge on any atom is 0.410 e. The normalized spacial score (nSPS) is 21.7. The molecule has 1 aromatic carbocycles. The Labute approximate surface area is 130 Å². The average Bonchev–Trinajstić information content (AvgIpc) is 2.82. The number of aryl methyl sites for hydroxylation is 1. The van der Waals surface area contributed by atoms with Crippen molar-refractivity contribution >= 4 is 12.1 Å². The van der Waals surface area contributed by atoms with E-state index in [9.17, 15) is 14.7 Å². The standard InChI is InChI=1S/C17H23NO4/c1-11-7-5-6-8-12(11)14-13(15(19)20)9-10-18(14)16(21)22-17(2,3)4/h5-8,13-14H,9-10H2,1-4H3,(H,19,20)/t13-,14?/m1/s1. The predicted octanol–water partition coefficient (Wildman–Crippen LogP) is 3.38. The number of nitrogens with zero attached hydrogens (tertiary/aromatic N) is 1. The third kappa shape index (κ3) is 3.40. The Balaban J connectivity index is 2.36. The fraction of sp³-hybridized carbons (Fsp3) is 0.529. The summed E-state index contributed by atoms with van der Waals surface area (Å²) in [5, 5.41) is 9.49. The SMILES string of the molecule is Cc1ccccc1C1[C@H](C(=O)O)CCN1C(=O)OC(C)(C)C. The molecule has 1 fully saturated rings. The van der Waals surface area contributed by atoms with Gasteiger partial charge in [-0.15, -0.1) is 0 Å². The highest BCUT2D eigenvalue weighted by Gasteiger charge is 2.44. The molecule has 5 heteroatoms. The van der Waals surface area contributed by atoms with E-state index in [-0.39, 0.29) is 0 Å². The summed E-state index contributed by atoms with van der Waals surface area (Å²) >= 11 is 0. The number of rotatable bonds is 2. The molecule has 1 aliphatic rings. The number of ether oxygens (including phenoxy) is 1. The van der Waals surface area contributed by atoms with Crippen molar-refractivity contribution in [2.45, 2.75) is 45.8 Å². The number of hydrogen-bond acceptors (Lipinski definition) is 3. The van der Waals surface area contributed by atoms with Gasteiger partial charge in [-0.05, 0) is 45.2 Å². The van der Waals surface area contributed by atoms with Gasteiger partial charge in [-0.25, -0.2) is 4.79 Å². The Bertz CT molecular complexity index is 576. The number of carboxylic acid groups (broad SMARTS) is 1. The fourth-order valence-corrected chi connectivity index (χ4v) is 2.88. The van der Waals surface area contributed by atoms with E-state index in [2.05, 4.69) is 0 Å². The number of hydrogen-bond donors (Lipinski definition) is 1. The maximum atomic E-state index is 12.4. The summed E-state index contributed by atoms with van der Waals surface area (Å²) in [6, 6.07) is 7.11. The van der Waals surface area contributed by atoms with E-state index in [0.717, 1.165) is 11.1 Å². The second-order valence-electron chi connectivity index (χ2n) is 6.71. The number of amides is 1. The van der Waals surface area contributed by atoms with Crippen molar-refractivity contribution < 1.29 is 19.4 Å². The largest absolute Gasteiger partial charge is 0.481 e. The summed E-state index contributed by atoms with van der Waals surface area (Å²) in [6.45, 7) is 7.74. The van der Waals surface area contributed by atoms with E-state index < -0.39 is 29.6 Å². The maximum absolute atomic E-state index is 12.4. The van der Waals surface area contributed by atoms with Crippen LogP contribution in [0.4, 0.5) is 4.79 Å². The predicted molar refractivity (Wildman–Crippen MR) is 82.6 cm³/mol. The molecule has 1 N–H and O–H groups in total. The van der Waals surface area contributed by atoms with Crippen LogP contribution in [-0.4, -0.2) is 34.2 Å². The highest BCUT2D eigenvalue weighted by Crippen LogP contribution is 2.39. The molecule has 0 saturated carbocycles. The van der Waals surface area contributed by atoms with E-state index in [0.29, 0.717) is 13.0 Å². The van der Waals surface area contributed by atoms with Crippen molar-refractivity contribution in [3.63, 3.8) is 0 Å². The number of carbonyl (C=O) groups is 2. The Morgan fingerprint density at radius 2 is 1.91 bits per heavy atom. The lowest BCUT2D eigenvalue weighted by Crippen LogP contribution is -2.38. The highest BCUT2D eigenvalue weighted by molar-refractivity contribution is 5.76. The summed E-state index contributed by atoms with van der Waals surface area (Å²) in [7, 11) is 0. The minimum atomic E-state index is -0.876. The summed E-state index contributed by atoms with van der Waals surface area (Å²) in [5.41, 5.74) is 1.25. The Morgan fingerprint density at radius 1 is 1.27 bits per heavy atom. The highest BCUT2D eigenvalue weighted by atomic mass is 16.6. The van der Waals surface area contributed by atoms with Gasteiger partial charge in [0.05, 0.1) is 12.0 Å². The molecule has 5 nitrogen and oxygen atoms in total. The van der Waals surface area contributed by atoms with E-state index in [1.807, 2.05) is 31.2 Å². The molecule has 2 rings (SSSR count). The fourth-order valence-electron chi connectivity index (χ4n) is 2.88. The van der Waals surface area contributed by atoms with Crippen LogP contribution >= 0.6 is 0 Å². The zero-order valence-electron chi connectivity index (χ0n) is 13.5. The number of aliphatic carboxylic acids is 1. The average molecular weight is 305 g/mol. The number of carbonyl (C=O) groups excluding carboxylic acids is 1. The molecule has 0 spiro atoms. The molecule has 1 aliphatic heterocycles. The van der Waals surface area contributed by atoms with E-state index in [4.69, 9.17) is 4.74 Å². The number of likely N-dealkylation sites (tertiary alicyclic amines) is 1. The summed E-state index contributed by atoms with van der Waals surface area (Å²) in [5.74, 6) is -1.48. The van der Waals surface area contributed by atoms with Crippen LogP contribution < -0.4 is 0 Å². The molecule has 0 aliphatic carbocycles. The molecular formula is C17H23NO4. The van der Waals surface area contributed by atoms with Crippen LogP contribution in [0.25, 0.3) is 0 Å². The first-order chi connectivity index (χ1) is 10.2. The first-order valence-electron chi connectivity index (χ1n) is 7.48. The van der Waals surface area contributed by atoms with E-state index in [1.165, 1.54) is 0 Å². The first kappa shape index (κ1) is 16.3. The first-order valence-corrected chi connectivity index (χ1v) is 7.48. The van der Waals surface area contributed by atoms with Crippen molar-refractivity contribution in [2.24, 2.45) is 5.92 Å². The van der Waals surface area contributed by atoms with Crippen molar-refractivity contribution in [1.82, 2.24) is 4.90 Å². The molecule has 1 aromatic rings. The van der Waals surface area contributed by atoms with Gasteiger partial charge in [0.1, 0.15) is 5.60 Å². The quantitative estimate of drug-likeness (QED) is 0.909. The van der Waals surface area contributed by atoms with E-state index in [1.54, 1.807) is 25.7 Å². The van der Waals surface area contributed by atoms with Crippen LogP contribution in [0, 0.1) is 12.8 Å². The molecule has 120 valence electrons. The second-order valence-corrected chi connectivity index (χ2v) is 6.71. The monoisotopic (exact) mass is 305 g/mol.